The fourth-order valence-electron chi connectivity index (χ4n) is 3.73. The summed E-state index contributed by atoms with van der Waals surface area (Å²) in [5.74, 6) is 0. The number of ether oxygens (including phenoxy) is 1. The summed E-state index contributed by atoms with van der Waals surface area (Å²) in [4.78, 5) is 4.34. The predicted octanol–water partition coefficient (Wildman–Crippen LogP) is 2.97. The van der Waals surface area contributed by atoms with Crippen LogP contribution in [0.4, 0.5) is 0 Å². The van der Waals surface area contributed by atoms with Crippen molar-refractivity contribution in [2.45, 2.75) is 57.7 Å². The second-order valence-corrected chi connectivity index (χ2v) is 6.25. The monoisotopic (exact) mass is 266 g/mol. The molecule has 1 aromatic heterocycles. The normalized spacial score (nSPS) is 29.6. The fourth-order valence-corrected chi connectivity index (χ4v) is 4.28. The number of thiazole rings is 1. The second-order valence-electron chi connectivity index (χ2n) is 5.53. The highest BCUT2D eigenvalue weighted by Gasteiger charge is 2.56. The minimum Gasteiger partial charge on any atom is -0.378 e. The van der Waals surface area contributed by atoms with Crippen molar-refractivity contribution in [3.8, 4) is 0 Å². The molecule has 2 saturated carbocycles. The summed E-state index contributed by atoms with van der Waals surface area (Å²) < 4.78 is 5.93. The van der Waals surface area contributed by atoms with Gasteiger partial charge in [-0.05, 0) is 26.2 Å². The summed E-state index contributed by atoms with van der Waals surface area (Å²) in [6.07, 6.45) is 7.10. The zero-order valence-electron chi connectivity index (χ0n) is 11.0. The lowest BCUT2D eigenvalue weighted by atomic mass is 9.60. The van der Waals surface area contributed by atoms with E-state index in [1.807, 2.05) is 5.51 Å². The Balaban J connectivity index is 1.59. The van der Waals surface area contributed by atoms with Gasteiger partial charge in [-0.2, -0.15) is 0 Å². The number of hydrogen-bond donors (Lipinski definition) is 1. The summed E-state index contributed by atoms with van der Waals surface area (Å²) in [6.45, 7) is 3.87. The Hall–Kier alpha value is -0.450. The molecule has 1 N–H and O–H groups in total. The fraction of sp³-hybridized carbons (Fsp3) is 0.786. The van der Waals surface area contributed by atoms with Gasteiger partial charge in [-0.1, -0.05) is 12.8 Å². The van der Waals surface area contributed by atoms with Gasteiger partial charge in [-0.25, -0.2) is 4.98 Å². The third-order valence-electron chi connectivity index (χ3n) is 4.70. The summed E-state index contributed by atoms with van der Waals surface area (Å²) in [7, 11) is 0. The highest BCUT2D eigenvalue weighted by atomic mass is 32.1. The van der Waals surface area contributed by atoms with Gasteiger partial charge < -0.3 is 10.1 Å². The lowest BCUT2D eigenvalue weighted by Gasteiger charge is -2.54. The molecular formula is C14H22N2OS. The Morgan fingerprint density at radius 2 is 2.33 bits per heavy atom. The van der Waals surface area contributed by atoms with E-state index >= 15 is 0 Å². The zero-order valence-corrected chi connectivity index (χ0v) is 11.8. The van der Waals surface area contributed by atoms with Crippen LogP contribution in [0.2, 0.25) is 0 Å². The van der Waals surface area contributed by atoms with Crippen molar-refractivity contribution in [3.05, 3.63) is 16.6 Å². The summed E-state index contributed by atoms with van der Waals surface area (Å²) in [5, 5.41) is 5.84. The molecular weight excluding hydrogens is 244 g/mol. The first-order valence-electron chi connectivity index (χ1n) is 7.07. The van der Waals surface area contributed by atoms with Crippen LogP contribution >= 0.6 is 11.3 Å². The molecule has 0 aliphatic heterocycles. The van der Waals surface area contributed by atoms with Crippen LogP contribution < -0.4 is 5.32 Å². The Bertz CT molecular complexity index is 373. The molecule has 2 atom stereocenters. The molecule has 4 heteroatoms. The number of aromatic nitrogens is 1. The third kappa shape index (κ3) is 2.10. The predicted molar refractivity (Wildman–Crippen MR) is 73.7 cm³/mol. The first-order chi connectivity index (χ1) is 8.85. The molecule has 1 aromatic rings. The topological polar surface area (TPSA) is 34.1 Å². The van der Waals surface area contributed by atoms with Crippen molar-refractivity contribution in [1.82, 2.24) is 10.3 Å². The van der Waals surface area contributed by atoms with Crippen molar-refractivity contribution in [2.24, 2.45) is 5.41 Å². The first kappa shape index (κ1) is 12.6. The molecule has 3 rings (SSSR count). The molecule has 3 nitrogen and oxygen atoms in total. The Kier molecular flexibility index (Phi) is 3.68. The Morgan fingerprint density at radius 3 is 3.00 bits per heavy atom. The highest BCUT2D eigenvalue weighted by molar-refractivity contribution is 7.07. The molecule has 0 amide bonds. The van der Waals surface area contributed by atoms with Gasteiger partial charge in [-0.15, -0.1) is 11.3 Å². The maximum atomic E-state index is 5.93. The van der Waals surface area contributed by atoms with Crippen molar-refractivity contribution in [2.75, 3.05) is 6.61 Å². The summed E-state index contributed by atoms with van der Waals surface area (Å²) in [6, 6.07) is 0.637. The van der Waals surface area contributed by atoms with Gasteiger partial charge in [0.05, 0.1) is 17.3 Å². The van der Waals surface area contributed by atoms with E-state index in [1.54, 1.807) is 11.3 Å². The average Bonchev–Trinajstić information content (AvgIpc) is 3.03. The van der Waals surface area contributed by atoms with E-state index in [-0.39, 0.29) is 0 Å². The van der Waals surface area contributed by atoms with E-state index in [0.29, 0.717) is 17.6 Å². The van der Waals surface area contributed by atoms with Crippen molar-refractivity contribution in [1.29, 1.82) is 0 Å². The number of rotatable bonds is 5. The minimum absolute atomic E-state index is 0.437. The maximum Gasteiger partial charge on any atom is 0.0795 e. The maximum absolute atomic E-state index is 5.93. The van der Waals surface area contributed by atoms with Gasteiger partial charge >= 0.3 is 0 Å². The molecule has 2 aliphatic carbocycles. The molecule has 2 fully saturated rings. The third-order valence-corrected chi connectivity index (χ3v) is 5.34. The highest BCUT2D eigenvalue weighted by Crippen LogP contribution is 2.54. The Labute approximate surface area is 113 Å². The molecule has 0 saturated heterocycles. The van der Waals surface area contributed by atoms with Crippen LogP contribution in [0.25, 0.3) is 0 Å². The van der Waals surface area contributed by atoms with E-state index in [9.17, 15) is 0 Å². The largest absolute Gasteiger partial charge is 0.378 e. The molecule has 0 bridgehead atoms. The second kappa shape index (κ2) is 5.27. The molecule has 100 valence electrons. The van der Waals surface area contributed by atoms with E-state index in [0.717, 1.165) is 13.2 Å². The molecule has 18 heavy (non-hydrogen) atoms. The standard InChI is InChI=1S/C14H22N2OS/c1-2-17-13-7-12(14(13)5-3-4-6-14)15-8-11-9-18-10-16-11/h9-10,12-13,15H,2-8H2,1H3. The van der Waals surface area contributed by atoms with Crippen LogP contribution in [0, 0.1) is 5.41 Å². The number of nitrogens with one attached hydrogen (secondary N) is 1. The van der Waals surface area contributed by atoms with Gasteiger partial charge in [0.1, 0.15) is 0 Å². The van der Waals surface area contributed by atoms with Crippen LogP contribution in [0.15, 0.2) is 10.9 Å². The van der Waals surface area contributed by atoms with Crippen LogP contribution in [0.5, 0.6) is 0 Å². The zero-order chi connectivity index (χ0) is 12.4. The van der Waals surface area contributed by atoms with Crippen molar-refractivity contribution < 1.29 is 4.74 Å². The minimum atomic E-state index is 0.437. The van der Waals surface area contributed by atoms with Gasteiger partial charge in [0.25, 0.3) is 0 Å². The van der Waals surface area contributed by atoms with Crippen LogP contribution in [-0.4, -0.2) is 23.7 Å². The van der Waals surface area contributed by atoms with Crippen molar-refractivity contribution >= 4 is 11.3 Å². The van der Waals surface area contributed by atoms with E-state index in [1.165, 1.54) is 37.8 Å². The van der Waals surface area contributed by atoms with E-state index < -0.39 is 0 Å². The average molecular weight is 266 g/mol. The van der Waals surface area contributed by atoms with E-state index in [2.05, 4.69) is 22.6 Å². The summed E-state index contributed by atoms with van der Waals surface area (Å²) >= 11 is 1.67. The van der Waals surface area contributed by atoms with Gasteiger partial charge in [0.2, 0.25) is 0 Å². The molecule has 0 aromatic carbocycles. The number of nitrogens with zero attached hydrogens (tertiary/aromatic N) is 1. The molecule has 2 unspecified atom stereocenters. The van der Waals surface area contributed by atoms with Crippen LogP contribution in [0.1, 0.15) is 44.7 Å². The molecule has 1 heterocycles. The van der Waals surface area contributed by atoms with Crippen molar-refractivity contribution in [3.63, 3.8) is 0 Å². The number of hydrogen-bond acceptors (Lipinski definition) is 4. The molecule has 0 radical (unpaired) electrons. The first-order valence-corrected chi connectivity index (χ1v) is 8.01. The van der Waals surface area contributed by atoms with Crippen LogP contribution in [0.3, 0.4) is 0 Å². The van der Waals surface area contributed by atoms with Gasteiger partial charge in [0.15, 0.2) is 0 Å². The molecule has 2 aliphatic rings. The van der Waals surface area contributed by atoms with E-state index in [4.69, 9.17) is 4.74 Å². The SMILES string of the molecule is CCOC1CC(NCc2cscn2)C12CCCC2. The van der Waals surface area contributed by atoms with Crippen LogP contribution in [-0.2, 0) is 11.3 Å². The summed E-state index contributed by atoms with van der Waals surface area (Å²) in [5.41, 5.74) is 3.52. The Morgan fingerprint density at radius 1 is 1.50 bits per heavy atom. The van der Waals surface area contributed by atoms with Gasteiger partial charge in [-0.3, -0.25) is 0 Å². The lowest BCUT2D eigenvalue weighted by molar-refractivity contribution is -0.130. The quantitative estimate of drug-likeness (QED) is 0.889. The van der Waals surface area contributed by atoms with Gasteiger partial charge in [0, 0.05) is 30.0 Å². The smallest absolute Gasteiger partial charge is 0.0795 e. The lowest BCUT2D eigenvalue weighted by Crippen LogP contribution is -2.62. The molecule has 1 spiro atoms.